The maximum atomic E-state index is 12.8. The molecule has 1 saturated heterocycles. The van der Waals surface area contributed by atoms with Crippen molar-refractivity contribution in [2.24, 2.45) is 5.41 Å². The lowest BCUT2D eigenvalue weighted by Crippen LogP contribution is -2.45. The monoisotopic (exact) mass is 815 g/mol. The number of carbonyl (C=O) groups excluding carboxylic acids is 3. The van der Waals surface area contributed by atoms with Crippen molar-refractivity contribution >= 4 is 17.9 Å². The van der Waals surface area contributed by atoms with Crippen molar-refractivity contribution in [3.63, 3.8) is 0 Å². The van der Waals surface area contributed by atoms with Crippen LogP contribution in [0.1, 0.15) is 174 Å². The van der Waals surface area contributed by atoms with Gasteiger partial charge in [-0.25, -0.2) is 0 Å². The molecule has 9 heteroatoms. The molecule has 0 spiro atoms. The Balaban J connectivity index is 2.41. The van der Waals surface area contributed by atoms with E-state index in [0.29, 0.717) is 6.54 Å². The van der Waals surface area contributed by atoms with Gasteiger partial charge in [-0.1, -0.05) is 127 Å². The number of carbonyl (C=O) groups is 3. The predicted octanol–water partition coefficient (Wildman–Crippen LogP) is 10.9. The van der Waals surface area contributed by atoms with E-state index in [4.69, 9.17) is 14.2 Å². The maximum Gasteiger partial charge on any atom is 0.307 e. The first-order chi connectivity index (χ1) is 28.3. The first kappa shape index (κ1) is 53.3. The molecule has 1 N–H and O–H groups in total. The van der Waals surface area contributed by atoms with Crippen LogP contribution >= 0.6 is 0 Å². The molecule has 0 aromatic carbocycles. The first-order valence-electron chi connectivity index (χ1n) is 23.4. The van der Waals surface area contributed by atoms with Crippen LogP contribution < -0.4 is 0 Å². The normalized spacial score (nSPS) is 14.4. The van der Waals surface area contributed by atoms with Crippen LogP contribution in [-0.4, -0.2) is 99.0 Å². The van der Waals surface area contributed by atoms with Gasteiger partial charge < -0.3 is 29.1 Å². The third-order valence-electron chi connectivity index (χ3n) is 10.8. The SMILES string of the molecule is CCCCC/C=C\C/C=C\CCCCCCCC(=O)OCC(CO)(COC(=O)CCCCCCC/C=C\C/C=C\CCCCC)COC(=O)CCN1CCN(C)CC1. The molecule has 1 aliphatic rings. The van der Waals surface area contributed by atoms with Crippen molar-refractivity contribution < 1.29 is 33.7 Å². The van der Waals surface area contributed by atoms with Crippen molar-refractivity contribution in [2.75, 3.05) is 66.2 Å². The van der Waals surface area contributed by atoms with Gasteiger partial charge in [-0.05, 0) is 84.1 Å². The summed E-state index contributed by atoms with van der Waals surface area (Å²) in [6, 6.07) is 0. The summed E-state index contributed by atoms with van der Waals surface area (Å²) in [5, 5.41) is 10.5. The maximum absolute atomic E-state index is 12.8. The van der Waals surface area contributed by atoms with E-state index in [9.17, 15) is 19.5 Å². The highest BCUT2D eigenvalue weighted by Gasteiger charge is 2.35. The van der Waals surface area contributed by atoms with Gasteiger partial charge in [0.2, 0.25) is 0 Å². The fourth-order valence-corrected chi connectivity index (χ4v) is 6.66. The van der Waals surface area contributed by atoms with Gasteiger partial charge in [-0.3, -0.25) is 14.4 Å². The highest BCUT2D eigenvalue weighted by Crippen LogP contribution is 2.21. The minimum Gasteiger partial charge on any atom is -0.465 e. The van der Waals surface area contributed by atoms with Crippen LogP contribution in [0.2, 0.25) is 0 Å². The Kier molecular flexibility index (Phi) is 35.3. The number of allylic oxidation sites excluding steroid dienone is 8. The summed E-state index contributed by atoms with van der Waals surface area (Å²) in [4.78, 5) is 42.7. The molecular formula is C49H86N2O7. The first-order valence-corrected chi connectivity index (χ1v) is 23.4. The van der Waals surface area contributed by atoms with E-state index in [0.717, 1.165) is 116 Å². The number of hydrogen-bond donors (Lipinski definition) is 1. The summed E-state index contributed by atoms with van der Waals surface area (Å²) in [5.41, 5.74) is -1.22. The number of nitrogens with zero attached hydrogens (tertiary/aromatic N) is 2. The number of piperazine rings is 1. The van der Waals surface area contributed by atoms with E-state index in [1.165, 1.54) is 51.4 Å². The summed E-state index contributed by atoms with van der Waals surface area (Å²) >= 11 is 0. The van der Waals surface area contributed by atoms with Crippen LogP contribution in [-0.2, 0) is 28.6 Å². The van der Waals surface area contributed by atoms with Gasteiger partial charge in [0.1, 0.15) is 19.8 Å². The smallest absolute Gasteiger partial charge is 0.307 e. The molecule has 1 fully saturated rings. The second-order valence-corrected chi connectivity index (χ2v) is 16.5. The molecule has 0 aromatic rings. The molecule has 0 bridgehead atoms. The van der Waals surface area contributed by atoms with Crippen LogP contribution in [0.4, 0.5) is 0 Å². The third kappa shape index (κ3) is 32.1. The van der Waals surface area contributed by atoms with Gasteiger partial charge in [-0.2, -0.15) is 0 Å². The van der Waals surface area contributed by atoms with Crippen LogP contribution in [0.25, 0.3) is 0 Å². The van der Waals surface area contributed by atoms with E-state index < -0.39 is 12.0 Å². The molecule has 0 aliphatic carbocycles. The van der Waals surface area contributed by atoms with Crippen molar-refractivity contribution in [2.45, 2.75) is 174 Å². The number of unbranched alkanes of at least 4 members (excludes halogenated alkanes) is 16. The number of esters is 3. The Morgan fingerprint density at radius 2 is 0.862 bits per heavy atom. The van der Waals surface area contributed by atoms with Gasteiger partial charge in [0.05, 0.1) is 18.4 Å². The largest absolute Gasteiger partial charge is 0.465 e. The fourth-order valence-electron chi connectivity index (χ4n) is 6.66. The highest BCUT2D eigenvalue weighted by atomic mass is 16.6. The summed E-state index contributed by atoms with van der Waals surface area (Å²) in [6.45, 7) is 7.76. The van der Waals surface area contributed by atoms with E-state index >= 15 is 0 Å². The zero-order valence-corrected chi connectivity index (χ0v) is 37.5. The number of rotatable bonds is 38. The summed E-state index contributed by atoms with van der Waals surface area (Å²) in [5.74, 6) is -1.10. The molecule has 334 valence electrons. The molecule has 58 heavy (non-hydrogen) atoms. The van der Waals surface area contributed by atoms with Gasteiger partial charge in [-0.15, -0.1) is 0 Å². The fraction of sp³-hybridized carbons (Fsp3) is 0.776. The topological polar surface area (TPSA) is 106 Å². The van der Waals surface area contributed by atoms with E-state index in [1.807, 2.05) is 0 Å². The third-order valence-corrected chi connectivity index (χ3v) is 10.8. The Morgan fingerprint density at radius 3 is 1.26 bits per heavy atom. The highest BCUT2D eigenvalue weighted by molar-refractivity contribution is 5.70. The Hall–Kier alpha value is -2.75. The molecule has 1 rings (SSSR count). The van der Waals surface area contributed by atoms with Crippen LogP contribution in [0.3, 0.4) is 0 Å². The van der Waals surface area contributed by atoms with Crippen molar-refractivity contribution in [3.05, 3.63) is 48.6 Å². The second kappa shape index (κ2) is 38.5. The average Bonchev–Trinajstić information content (AvgIpc) is 3.23. The Bertz CT molecular complexity index is 1060. The lowest BCUT2D eigenvalue weighted by Gasteiger charge is -2.32. The predicted molar refractivity (Wildman–Crippen MR) is 240 cm³/mol. The molecule has 0 amide bonds. The molecule has 1 aliphatic heterocycles. The molecular weight excluding hydrogens is 729 g/mol. The van der Waals surface area contributed by atoms with E-state index in [-0.39, 0.29) is 57.0 Å². The van der Waals surface area contributed by atoms with Crippen LogP contribution in [0.15, 0.2) is 48.6 Å². The summed E-state index contributed by atoms with van der Waals surface area (Å²) in [6.07, 6.45) is 43.1. The van der Waals surface area contributed by atoms with Crippen molar-refractivity contribution in [3.8, 4) is 0 Å². The molecule has 0 saturated carbocycles. The van der Waals surface area contributed by atoms with Crippen LogP contribution in [0.5, 0.6) is 0 Å². The van der Waals surface area contributed by atoms with Gasteiger partial charge >= 0.3 is 17.9 Å². The Morgan fingerprint density at radius 1 is 0.500 bits per heavy atom. The number of aliphatic hydroxyl groups is 1. The number of hydrogen-bond acceptors (Lipinski definition) is 9. The van der Waals surface area contributed by atoms with Gasteiger partial charge in [0.15, 0.2) is 0 Å². The Labute approximate surface area is 355 Å². The minimum absolute atomic E-state index is 0.189. The zero-order chi connectivity index (χ0) is 42.2. The second-order valence-electron chi connectivity index (χ2n) is 16.5. The summed E-state index contributed by atoms with van der Waals surface area (Å²) in [7, 11) is 2.09. The standard InChI is InChI=1S/C49H86N2O7/c1-4-6-8-10-12-14-16-18-20-22-24-26-28-30-32-34-46(53)56-43-49(42-52,45-58-48(55)36-37-51-40-38-50(3)39-41-51)44-57-47(54)35-33-31-29-27-25-23-21-19-17-15-13-11-9-7-5-2/h12-15,18-21,52H,4-11,16-17,22-45H2,1-3H3/b14-12-,15-13-,20-18-,21-19-. The quantitative estimate of drug-likeness (QED) is 0.0282. The number of ether oxygens (including phenoxy) is 3. The van der Waals surface area contributed by atoms with E-state index in [2.05, 4.69) is 79.3 Å². The van der Waals surface area contributed by atoms with Gasteiger partial charge in [0, 0.05) is 45.6 Å². The summed E-state index contributed by atoms with van der Waals surface area (Å²) < 4.78 is 16.9. The van der Waals surface area contributed by atoms with Crippen molar-refractivity contribution in [1.82, 2.24) is 9.80 Å². The lowest BCUT2D eigenvalue weighted by molar-refractivity contribution is -0.165. The minimum atomic E-state index is -1.22. The van der Waals surface area contributed by atoms with Gasteiger partial charge in [0.25, 0.3) is 0 Å². The van der Waals surface area contributed by atoms with Crippen molar-refractivity contribution in [1.29, 1.82) is 0 Å². The average molecular weight is 815 g/mol. The lowest BCUT2D eigenvalue weighted by atomic mass is 9.92. The number of likely N-dealkylation sites (N-methyl/N-ethyl adjacent to an activating group) is 1. The molecule has 1 heterocycles. The molecule has 0 atom stereocenters. The number of aliphatic hydroxyl groups excluding tert-OH is 1. The zero-order valence-electron chi connectivity index (χ0n) is 37.5. The molecule has 9 nitrogen and oxygen atoms in total. The molecule has 0 radical (unpaired) electrons. The molecule has 0 unspecified atom stereocenters. The van der Waals surface area contributed by atoms with E-state index in [1.54, 1.807) is 0 Å². The van der Waals surface area contributed by atoms with Crippen LogP contribution in [0, 0.1) is 5.41 Å². The molecule has 0 aromatic heterocycles.